The fourth-order valence-corrected chi connectivity index (χ4v) is 4.39. The number of benzene rings is 1. The van der Waals surface area contributed by atoms with Gasteiger partial charge in [-0.15, -0.1) is 0 Å². The van der Waals surface area contributed by atoms with Crippen LogP contribution in [0.3, 0.4) is 0 Å². The zero-order valence-electron chi connectivity index (χ0n) is 17.2. The van der Waals surface area contributed by atoms with Crippen LogP contribution in [0.1, 0.15) is 50.4 Å². The Kier molecular flexibility index (Phi) is 6.01. The quantitative estimate of drug-likeness (QED) is 0.570. The fraction of sp³-hybridized carbons (Fsp3) is 0.500. The van der Waals surface area contributed by atoms with E-state index in [1.54, 1.807) is 0 Å². The van der Waals surface area contributed by atoms with Gasteiger partial charge in [-0.2, -0.15) is 0 Å². The van der Waals surface area contributed by atoms with Crippen molar-refractivity contribution in [3.05, 3.63) is 40.8 Å². The third kappa shape index (κ3) is 4.87. The summed E-state index contributed by atoms with van der Waals surface area (Å²) in [6.07, 6.45) is 8.86. The number of fused-ring (bicyclic) bond motifs is 1. The summed E-state index contributed by atoms with van der Waals surface area (Å²) in [5.74, 6) is 2.37. The van der Waals surface area contributed by atoms with E-state index < -0.39 is 0 Å². The number of anilines is 2. The van der Waals surface area contributed by atoms with Crippen LogP contribution in [-0.4, -0.2) is 25.6 Å². The van der Waals surface area contributed by atoms with Gasteiger partial charge >= 0.3 is 0 Å². The Hall–Kier alpha value is -2.18. The van der Waals surface area contributed by atoms with E-state index >= 15 is 0 Å². The van der Waals surface area contributed by atoms with Crippen LogP contribution in [0.15, 0.2) is 24.4 Å². The van der Waals surface area contributed by atoms with E-state index in [2.05, 4.69) is 20.9 Å². The predicted molar refractivity (Wildman–Crippen MR) is 119 cm³/mol. The van der Waals surface area contributed by atoms with Gasteiger partial charge < -0.3 is 11.1 Å². The van der Waals surface area contributed by atoms with Gasteiger partial charge in [0, 0.05) is 29.7 Å². The summed E-state index contributed by atoms with van der Waals surface area (Å²) in [5, 5.41) is 4.12. The topological polar surface area (TPSA) is 81.7 Å². The molecule has 0 saturated heterocycles. The Morgan fingerprint density at radius 2 is 2.03 bits per heavy atom. The van der Waals surface area contributed by atoms with Gasteiger partial charge in [0.2, 0.25) is 5.95 Å². The maximum Gasteiger partial charge on any atom is 0.209 e. The molecule has 1 aromatic carbocycles. The van der Waals surface area contributed by atoms with Gasteiger partial charge in [-0.25, -0.2) is 15.0 Å². The SMILES string of the molecule is Cc1cc(Cl)cc(Nc2nc3cnc(CC4CCCC4)nc3n2CCC(C)N)c1. The number of hydrogen-bond acceptors (Lipinski definition) is 5. The molecule has 1 unspecified atom stereocenters. The minimum Gasteiger partial charge on any atom is -0.328 e. The van der Waals surface area contributed by atoms with Gasteiger partial charge in [0.05, 0.1) is 6.20 Å². The number of hydrogen-bond donors (Lipinski definition) is 2. The molecule has 1 aliphatic carbocycles. The minimum atomic E-state index is 0.105. The van der Waals surface area contributed by atoms with Crippen molar-refractivity contribution in [2.45, 2.75) is 65.0 Å². The Bertz CT molecular complexity index is 970. The van der Waals surface area contributed by atoms with Crippen LogP contribution in [0.4, 0.5) is 11.6 Å². The van der Waals surface area contributed by atoms with Gasteiger partial charge in [-0.3, -0.25) is 4.57 Å². The van der Waals surface area contributed by atoms with Crippen LogP contribution in [-0.2, 0) is 13.0 Å². The van der Waals surface area contributed by atoms with Crippen LogP contribution >= 0.6 is 11.6 Å². The second-order valence-electron chi connectivity index (χ2n) is 8.34. The number of imidazole rings is 1. The molecule has 0 radical (unpaired) electrons. The van der Waals surface area contributed by atoms with Gasteiger partial charge in [0.15, 0.2) is 5.65 Å². The van der Waals surface area contributed by atoms with Crippen molar-refractivity contribution >= 4 is 34.4 Å². The molecular weight excluding hydrogens is 384 g/mol. The summed E-state index contributed by atoms with van der Waals surface area (Å²) in [7, 11) is 0. The maximum atomic E-state index is 6.23. The first-order chi connectivity index (χ1) is 14.0. The molecule has 154 valence electrons. The van der Waals surface area contributed by atoms with Crippen molar-refractivity contribution < 1.29 is 0 Å². The highest BCUT2D eigenvalue weighted by molar-refractivity contribution is 6.30. The second kappa shape index (κ2) is 8.67. The van der Waals surface area contributed by atoms with E-state index in [0.29, 0.717) is 10.9 Å². The van der Waals surface area contributed by atoms with E-state index in [0.717, 1.165) is 53.6 Å². The standard InChI is InChI=1S/C22H29ClN6/c1-14-9-17(23)12-18(10-14)26-22-27-19-13-25-20(11-16-5-3-4-6-16)28-21(19)29(22)8-7-15(2)24/h9-10,12-13,15-16H,3-8,11,24H2,1-2H3,(H,26,27). The monoisotopic (exact) mass is 412 g/mol. The van der Waals surface area contributed by atoms with Crippen molar-refractivity contribution in [2.75, 3.05) is 5.32 Å². The maximum absolute atomic E-state index is 6.23. The lowest BCUT2D eigenvalue weighted by Crippen LogP contribution is -2.18. The molecule has 3 aromatic rings. The molecule has 1 aliphatic rings. The van der Waals surface area contributed by atoms with Gasteiger partial charge in [0.25, 0.3) is 0 Å². The number of nitrogens with two attached hydrogens (primary N) is 1. The Morgan fingerprint density at radius 1 is 1.24 bits per heavy atom. The lowest BCUT2D eigenvalue weighted by Gasteiger charge is -2.13. The molecule has 3 N–H and O–H groups in total. The zero-order valence-corrected chi connectivity index (χ0v) is 17.9. The molecule has 1 atom stereocenters. The van der Waals surface area contributed by atoms with E-state index in [-0.39, 0.29) is 6.04 Å². The van der Waals surface area contributed by atoms with Crippen LogP contribution in [0.5, 0.6) is 0 Å². The van der Waals surface area contributed by atoms with Crippen LogP contribution in [0.2, 0.25) is 5.02 Å². The molecule has 2 aromatic heterocycles. The Balaban J connectivity index is 1.68. The average Bonchev–Trinajstić information content (AvgIpc) is 3.26. The molecule has 0 spiro atoms. The molecular formula is C22H29ClN6. The molecule has 29 heavy (non-hydrogen) atoms. The number of nitrogens with zero attached hydrogens (tertiary/aromatic N) is 4. The van der Waals surface area contributed by atoms with E-state index in [1.165, 1.54) is 25.7 Å². The third-order valence-electron chi connectivity index (χ3n) is 5.59. The molecule has 1 fully saturated rings. The summed E-state index contributed by atoms with van der Waals surface area (Å²) in [4.78, 5) is 14.3. The highest BCUT2D eigenvalue weighted by Gasteiger charge is 2.19. The largest absolute Gasteiger partial charge is 0.328 e. The molecule has 7 heteroatoms. The van der Waals surface area contributed by atoms with E-state index in [4.69, 9.17) is 27.3 Å². The first kappa shape index (κ1) is 20.1. The van der Waals surface area contributed by atoms with Gasteiger partial charge in [0.1, 0.15) is 11.3 Å². The first-order valence-electron chi connectivity index (χ1n) is 10.5. The number of aromatic nitrogens is 4. The van der Waals surface area contributed by atoms with Crippen molar-refractivity contribution in [3.63, 3.8) is 0 Å². The molecule has 0 amide bonds. The zero-order chi connectivity index (χ0) is 20.4. The summed E-state index contributed by atoms with van der Waals surface area (Å²) >= 11 is 6.23. The van der Waals surface area contributed by atoms with Gasteiger partial charge in [-0.05, 0) is 49.9 Å². The second-order valence-corrected chi connectivity index (χ2v) is 8.78. The van der Waals surface area contributed by atoms with Crippen molar-refractivity contribution in [2.24, 2.45) is 11.7 Å². The van der Waals surface area contributed by atoms with Crippen LogP contribution in [0.25, 0.3) is 11.2 Å². The molecule has 2 heterocycles. The van der Waals surface area contributed by atoms with E-state index in [9.17, 15) is 0 Å². The number of halogens is 1. The van der Waals surface area contributed by atoms with E-state index in [1.807, 2.05) is 32.2 Å². The molecule has 0 bridgehead atoms. The number of aryl methyl sites for hydroxylation is 2. The number of rotatable bonds is 7. The highest BCUT2D eigenvalue weighted by atomic mass is 35.5. The fourth-order valence-electron chi connectivity index (χ4n) is 4.10. The predicted octanol–water partition coefficient (Wildman–Crippen LogP) is 5.00. The highest BCUT2D eigenvalue weighted by Crippen LogP contribution is 2.28. The average molecular weight is 413 g/mol. The molecule has 4 rings (SSSR count). The van der Waals surface area contributed by atoms with Crippen molar-refractivity contribution in [3.8, 4) is 0 Å². The molecule has 1 saturated carbocycles. The summed E-state index contributed by atoms with van der Waals surface area (Å²) in [5.41, 5.74) is 9.70. The summed E-state index contributed by atoms with van der Waals surface area (Å²) in [6.45, 7) is 4.79. The van der Waals surface area contributed by atoms with Gasteiger partial charge in [-0.1, -0.05) is 37.3 Å². The Labute approximate surface area is 176 Å². The normalized spacial score (nSPS) is 15.9. The van der Waals surface area contributed by atoms with Crippen LogP contribution in [0, 0.1) is 12.8 Å². The van der Waals surface area contributed by atoms with Crippen LogP contribution < -0.4 is 11.1 Å². The lowest BCUT2D eigenvalue weighted by molar-refractivity contribution is 0.530. The number of nitrogens with one attached hydrogen (secondary N) is 1. The lowest BCUT2D eigenvalue weighted by atomic mass is 10.0. The Morgan fingerprint density at radius 3 is 2.76 bits per heavy atom. The summed E-state index contributed by atoms with van der Waals surface area (Å²) in [6, 6.07) is 6.00. The first-order valence-corrected chi connectivity index (χ1v) is 10.9. The molecule has 6 nitrogen and oxygen atoms in total. The minimum absolute atomic E-state index is 0.105. The molecule has 0 aliphatic heterocycles. The smallest absolute Gasteiger partial charge is 0.209 e. The third-order valence-corrected chi connectivity index (χ3v) is 5.81. The van der Waals surface area contributed by atoms with Crippen molar-refractivity contribution in [1.29, 1.82) is 0 Å². The van der Waals surface area contributed by atoms with Crippen molar-refractivity contribution in [1.82, 2.24) is 19.5 Å². The summed E-state index contributed by atoms with van der Waals surface area (Å²) < 4.78 is 2.12.